The van der Waals surface area contributed by atoms with Gasteiger partial charge in [0, 0.05) is 50.2 Å². The molecule has 1 aliphatic rings. The first-order valence-corrected chi connectivity index (χ1v) is 9.41. The van der Waals surface area contributed by atoms with E-state index in [1.165, 1.54) is 18.2 Å². The van der Waals surface area contributed by atoms with Gasteiger partial charge in [-0.25, -0.2) is 4.39 Å². The summed E-state index contributed by atoms with van der Waals surface area (Å²) in [4.78, 5) is 20.3. The van der Waals surface area contributed by atoms with Crippen LogP contribution in [0.4, 0.5) is 10.2 Å². The average molecular weight is 389 g/mol. The molecule has 1 saturated heterocycles. The molecule has 0 bridgehead atoms. The number of carbonyl (C=O) groups excluding carboxylic acids is 1. The summed E-state index contributed by atoms with van der Waals surface area (Å²) in [5.74, 6) is 0.464. The second-order valence-electron chi connectivity index (χ2n) is 6.71. The van der Waals surface area contributed by atoms with E-state index in [-0.39, 0.29) is 11.7 Å². The number of amides is 1. The zero-order valence-corrected chi connectivity index (χ0v) is 15.8. The molecule has 6 nitrogen and oxygen atoms in total. The number of aromatic nitrogens is 3. The van der Waals surface area contributed by atoms with Crippen molar-refractivity contribution >= 4 is 17.8 Å². The summed E-state index contributed by atoms with van der Waals surface area (Å²) in [7, 11) is 0. The molecule has 0 N–H and O–H groups in total. The number of anilines is 1. The molecular weight excluding hydrogens is 369 g/mol. The zero-order chi connectivity index (χ0) is 20.1. The molecule has 29 heavy (non-hydrogen) atoms. The number of rotatable bonds is 4. The average Bonchev–Trinajstić information content (AvgIpc) is 2.79. The molecule has 1 fully saturated rings. The predicted octanol–water partition coefficient (Wildman–Crippen LogP) is 3.04. The van der Waals surface area contributed by atoms with Gasteiger partial charge >= 0.3 is 0 Å². The van der Waals surface area contributed by atoms with Crippen molar-refractivity contribution in [1.29, 1.82) is 0 Å². The molecule has 0 spiro atoms. The SMILES string of the molecule is O=C(/C=C/c1ccc(F)cc1)N1CCN(c2ccc(-c3ccncc3)nn2)CC1. The van der Waals surface area contributed by atoms with Crippen LogP contribution in [0.25, 0.3) is 17.3 Å². The number of hydrogen-bond donors (Lipinski definition) is 0. The second-order valence-corrected chi connectivity index (χ2v) is 6.71. The lowest BCUT2D eigenvalue weighted by atomic mass is 10.2. The van der Waals surface area contributed by atoms with Gasteiger partial charge in [-0.05, 0) is 48.0 Å². The monoisotopic (exact) mass is 389 g/mol. The Morgan fingerprint density at radius 1 is 0.897 bits per heavy atom. The molecule has 0 aliphatic carbocycles. The van der Waals surface area contributed by atoms with Gasteiger partial charge in [0.1, 0.15) is 5.82 Å². The van der Waals surface area contributed by atoms with E-state index < -0.39 is 0 Å². The number of carbonyl (C=O) groups is 1. The minimum Gasteiger partial charge on any atom is -0.352 e. The Balaban J connectivity index is 1.33. The zero-order valence-electron chi connectivity index (χ0n) is 15.8. The van der Waals surface area contributed by atoms with E-state index in [0.29, 0.717) is 26.2 Å². The van der Waals surface area contributed by atoms with Crippen LogP contribution in [-0.4, -0.2) is 52.2 Å². The molecule has 0 radical (unpaired) electrons. The normalized spacial score (nSPS) is 14.4. The molecule has 146 valence electrons. The van der Waals surface area contributed by atoms with E-state index in [2.05, 4.69) is 20.1 Å². The van der Waals surface area contributed by atoms with Crippen molar-refractivity contribution in [2.45, 2.75) is 0 Å². The molecular formula is C22H20FN5O. The summed E-state index contributed by atoms with van der Waals surface area (Å²) in [6.07, 6.45) is 6.70. The Bertz CT molecular complexity index is 982. The van der Waals surface area contributed by atoms with Gasteiger partial charge in [0.05, 0.1) is 5.69 Å². The van der Waals surface area contributed by atoms with E-state index in [9.17, 15) is 9.18 Å². The first-order valence-electron chi connectivity index (χ1n) is 9.41. The topological polar surface area (TPSA) is 62.2 Å². The first kappa shape index (κ1) is 18.7. The maximum absolute atomic E-state index is 12.9. The van der Waals surface area contributed by atoms with E-state index in [0.717, 1.165) is 22.6 Å². The van der Waals surface area contributed by atoms with Crippen molar-refractivity contribution in [3.05, 3.63) is 78.4 Å². The molecule has 4 rings (SSSR count). The lowest BCUT2D eigenvalue weighted by Gasteiger charge is -2.34. The fourth-order valence-corrected chi connectivity index (χ4v) is 3.17. The van der Waals surface area contributed by atoms with Gasteiger partial charge in [-0.3, -0.25) is 9.78 Å². The van der Waals surface area contributed by atoms with Crippen molar-refractivity contribution < 1.29 is 9.18 Å². The lowest BCUT2D eigenvalue weighted by molar-refractivity contribution is -0.126. The highest BCUT2D eigenvalue weighted by Crippen LogP contribution is 2.18. The van der Waals surface area contributed by atoms with Gasteiger partial charge in [0.15, 0.2) is 5.82 Å². The van der Waals surface area contributed by atoms with Crippen LogP contribution in [0.3, 0.4) is 0 Å². The maximum atomic E-state index is 12.9. The summed E-state index contributed by atoms with van der Waals surface area (Å²) in [6, 6.07) is 13.7. The lowest BCUT2D eigenvalue weighted by Crippen LogP contribution is -2.48. The Labute approximate surface area is 168 Å². The number of benzene rings is 1. The van der Waals surface area contributed by atoms with Crippen molar-refractivity contribution in [1.82, 2.24) is 20.1 Å². The van der Waals surface area contributed by atoms with Crippen LogP contribution < -0.4 is 4.90 Å². The number of pyridine rings is 1. The smallest absolute Gasteiger partial charge is 0.246 e. The summed E-state index contributed by atoms with van der Waals surface area (Å²) in [5, 5.41) is 8.65. The third-order valence-electron chi connectivity index (χ3n) is 4.83. The molecule has 1 aromatic carbocycles. The van der Waals surface area contributed by atoms with Crippen LogP contribution >= 0.6 is 0 Å². The van der Waals surface area contributed by atoms with Crippen LogP contribution in [0.2, 0.25) is 0 Å². The van der Waals surface area contributed by atoms with Gasteiger partial charge < -0.3 is 9.80 Å². The van der Waals surface area contributed by atoms with Gasteiger partial charge in [0.2, 0.25) is 5.91 Å². The van der Waals surface area contributed by atoms with Crippen LogP contribution in [-0.2, 0) is 4.79 Å². The molecule has 1 aliphatic heterocycles. The fraction of sp³-hybridized carbons (Fsp3) is 0.182. The van der Waals surface area contributed by atoms with Crippen molar-refractivity contribution in [3.63, 3.8) is 0 Å². The van der Waals surface area contributed by atoms with Gasteiger partial charge in [0.25, 0.3) is 0 Å². The van der Waals surface area contributed by atoms with Crippen molar-refractivity contribution in [3.8, 4) is 11.3 Å². The quantitative estimate of drug-likeness (QED) is 0.642. The number of halogens is 1. The van der Waals surface area contributed by atoms with E-state index in [1.54, 1.807) is 35.5 Å². The van der Waals surface area contributed by atoms with Gasteiger partial charge in [-0.2, -0.15) is 0 Å². The van der Waals surface area contributed by atoms with Crippen LogP contribution in [0.15, 0.2) is 67.0 Å². The van der Waals surface area contributed by atoms with E-state index in [1.807, 2.05) is 24.3 Å². The fourth-order valence-electron chi connectivity index (χ4n) is 3.17. The van der Waals surface area contributed by atoms with Crippen LogP contribution in [0.1, 0.15) is 5.56 Å². The maximum Gasteiger partial charge on any atom is 0.246 e. The highest BCUT2D eigenvalue weighted by Gasteiger charge is 2.20. The van der Waals surface area contributed by atoms with Crippen LogP contribution in [0.5, 0.6) is 0 Å². The molecule has 7 heteroatoms. The largest absolute Gasteiger partial charge is 0.352 e. The van der Waals surface area contributed by atoms with Crippen molar-refractivity contribution in [2.75, 3.05) is 31.1 Å². The van der Waals surface area contributed by atoms with E-state index in [4.69, 9.17) is 0 Å². The summed E-state index contributed by atoms with van der Waals surface area (Å²) in [6.45, 7) is 2.61. The summed E-state index contributed by atoms with van der Waals surface area (Å²) in [5.41, 5.74) is 2.57. The molecule has 1 amide bonds. The predicted molar refractivity (Wildman–Crippen MR) is 109 cm³/mol. The summed E-state index contributed by atoms with van der Waals surface area (Å²) < 4.78 is 12.9. The Morgan fingerprint density at radius 2 is 1.62 bits per heavy atom. The number of nitrogens with zero attached hydrogens (tertiary/aromatic N) is 5. The highest BCUT2D eigenvalue weighted by molar-refractivity contribution is 5.92. The Morgan fingerprint density at radius 3 is 2.28 bits per heavy atom. The standard InChI is InChI=1S/C22H20FN5O/c23-19-4-1-17(2-5-19)3-8-22(29)28-15-13-27(14-16-28)21-7-6-20(25-26-21)18-9-11-24-12-10-18/h1-12H,13-16H2/b8-3+. The van der Waals surface area contributed by atoms with E-state index >= 15 is 0 Å². The Kier molecular flexibility index (Phi) is 5.56. The number of piperazine rings is 1. The molecule has 0 unspecified atom stereocenters. The van der Waals surface area contributed by atoms with Gasteiger partial charge in [-0.15, -0.1) is 10.2 Å². The third-order valence-corrected chi connectivity index (χ3v) is 4.83. The molecule has 2 aromatic heterocycles. The first-order chi connectivity index (χ1) is 14.2. The van der Waals surface area contributed by atoms with Gasteiger partial charge in [-0.1, -0.05) is 12.1 Å². The molecule has 3 heterocycles. The van der Waals surface area contributed by atoms with Crippen molar-refractivity contribution in [2.24, 2.45) is 0 Å². The highest BCUT2D eigenvalue weighted by atomic mass is 19.1. The molecule has 3 aromatic rings. The molecule has 0 atom stereocenters. The molecule has 0 saturated carbocycles. The minimum atomic E-state index is -0.290. The minimum absolute atomic E-state index is 0.0481. The number of hydrogen-bond acceptors (Lipinski definition) is 5. The Hall–Kier alpha value is -3.61. The van der Waals surface area contributed by atoms with Crippen LogP contribution in [0, 0.1) is 5.82 Å². The summed E-state index contributed by atoms with van der Waals surface area (Å²) >= 11 is 0. The second kappa shape index (κ2) is 8.60. The third kappa shape index (κ3) is 4.63.